The van der Waals surface area contributed by atoms with E-state index in [9.17, 15) is 14.4 Å². The van der Waals surface area contributed by atoms with E-state index in [4.69, 9.17) is 16.0 Å². The standard InChI is InChI=1S/C24H20ClN3O4/c1-15-5-4-6-17(13-15)26-23(30)18-7-2-3-8-19(18)27-22(29)11-12-28-20-10-9-16(25)14-21(20)32-24(28)31/h2-10,13-14H,11-12H2,1H3,(H,26,30)(H,27,29). The highest BCUT2D eigenvalue weighted by Crippen LogP contribution is 2.20. The van der Waals surface area contributed by atoms with Crippen LogP contribution < -0.4 is 16.4 Å². The number of aryl methyl sites for hydroxylation is 2. The summed E-state index contributed by atoms with van der Waals surface area (Å²) in [6, 6.07) is 19.1. The molecule has 3 aromatic carbocycles. The van der Waals surface area contributed by atoms with Gasteiger partial charge in [-0.15, -0.1) is 0 Å². The minimum atomic E-state index is -0.562. The van der Waals surface area contributed by atoms with Crippen LogP contribution in [0.5, 0.6) is 0 Å². The molecule has 4 rings (SSSR count). The van der Waals surface area contributed by atoms with Gasteiger partial charge in [0, 0.05) is 29.7 Å². The Bertz CT molecular complexity index is 1370. The zero-order valence-electron chi connectivity index (χ0n) is 17.2. The lowest BCUT2D eigenvalue weighted by molar-refractivity contribution is -0.116. The fourth-order valence-corrected chi connectivity index (χ4v) is 3.55. The lowest BCUT2D eigenvalue weighted by Crippen LogP contribution is -2.21. The summed E-state index contributed by atoms with van der Waals surface area (Å²) in [5.41, 5.74) is 3.34. The number of para-hydroxylation sites is 1. The Morgan fingerprint density at radius 2 is 1.81 bits per heavy atom. The van der Waals surface area contributed by atoms with Crippen LogP contribution in [0.4, 0.5) is 11.4 Å². The molecule has 0 fully saturated rings. The van der Waals surface area contributed by atoms with Crippen molar-refractivity contribution in [3.8, 4) is 0 Å². The Morgan fingerprint density at radius 1 is 1.00 bits per heavy atom. The number of halogens is 1. The molecule has 0 bridgehead atoms. The average Bonchev–Trinajstić information content (AvgIpc) is 3.06. The number of carbonyl (C=O) groups excluding carboxylic acids is 2. The second-order valence-electron chi connectivity index (χ2n) is 7.30. The Hall–Kier alpha value is -3.84. The number of hydrogen-bond acceptors (Lipinski definition) is 4. The van der Waals surface area contributed by atoms with Gasteiger partial charge in [-0.25, -0.2) is 4.79 Å². The number of rotatable bonds is 6. The Labute approximate surface area is 188 Å². The molecule has 0 unspecified atom stereocenters. The molecule has 0 saturated carbocycles. The van der Waals surface area contributed by atoms with Gasteiger partial charge in [0.2, 0.25) is 5.91 Å². The number of aromatic nitrogens is 1. The van der Waals surface area contributed by atoms with Crippen molar-refractivity contribution < 1.29 is 14.0 Å². The predicted molar refractivity (Wildman–Crippen MR) is 124 cm³/mol. The molecule has 8 heteroatoms. The van der Waals surface area contributed by atoms with Gasteiger partial charge >= 0.3 is 5.76 Å². The SMILES string of the molecule is Cc1cccc(NC(=O)c2ccccc2NC(=O)CCn2c(=O)oc3cc(Cl)ccc32)c1. The molecule has 0 radical (unpaired) electrons. The molecule has 4 aromatic rings. The van der Waals surface area contributed by atoms with E-state index in [0.29, 0.717) is 33.1 Å². The molecular formula is C24H20ClN3O4. The van der Waals surface area contributed by atoms with E-state index >= 15 is 0 Å². The first-order chi connectivity index (χ1) is 15.4. The van der Waals surface area contributed by atoms with Crippen molar-refractivity contribution in [2.45, 2.75) is 19.9 Å². The molecule has 162 valence electrons. The fraction of sp³-hybridized carbons (Fsp3) is 0.125. The van der Waals surface area contributed by atoms with E-state index in [0.717, 1.165) is 5.56 Å². The van der Waals surface area contributed by atoms with Crippen LogP contribution in [0.1, 0.15) is 22.3 Å². The van der Waals surface area contributed by atoms with Gasteiger partial charge in [-0.2, -0.15) is 0 Å². The zero-order chi connectivity index (χ0) is 22.7. The monoisotopic (exact) mass is 449 g/mol. The number of hydrogen-bond donors (Lipinski definition) is 2. The maximum atomic E-state index is 12.8. The lowest BCUT2D eigenvalue weighted by Gasteiger charge is -2.12. The van der Waals surface area contributed by atoms with Gasteiger partial charge in [-0.1, -0.05) is 35.9 Å². The second-order valence-corrected chi connectivity index (χ2v) is 7.74. The first-order valence-corrected chi connectivity index (χ1v) is 10.3. The second kappa shape index (κ2) is 9.11. The van der Waals surface area contributed by atoms with Crippen molar-refractivity contribution in [1.82, 2.24) is 4.57 Å². The van der Waals surface area contributed by atoms with Crippen molar-refractivity contribution in [2.75, 3.05) is 10.6 Å². The van der Waals surface area contributed by atoms with Crippen molar-refractivity contribution in [3.05, 3.63) is 93.4 Å². The number of carbonyl (C=O) groups is 2. The van der Waals surface area contributed by atoms with Crippen LogP contribution in [-0.4, -0.2) is 16.4 Å². The third kappa shape index (κ3) is 4.73. The van der Waals surface area contributed by atoms with Gasteiger partial charge in [0.15, 0.2) is 5.58 Å². The smallest absolute Gasteiger partial charge is 0.408 e. The topological polar surface area (TPSA) is 93.3 Å². The number of benzene rings is 3. The molecule has 0 spiro atoms. The molecule has 2 N–H and O–H groups in total. The van der Waals surface area contributed by atoms with E-state index in [-0.39, 0.29) is 24.8 Å². The maximum Gasteiger partial charge on any atom is 0.419 e. The quantitative estimate of drug-likeness (QED) is 0.440. The van der Waals surface area contributed by atoms with Gasteiger partial charge in [-0.3, -0.25) is 14.2 Å². The molecule has 32 heavy (non-hydrogen) atoms. The zero-order valence-corrected chi connectivity index (χ0v) is 18.0. The van der Waals surface area contributed by atoms with E-state index in [2.05, 4.69) is 10.6 Å². The average molecular weight is 450 g/mol. The minimum absolute atomic E-state index is 0.0188. The highest BCUT2D eigenvalue weighted by Gasteiger charge is 2.15. The number of nitrogens with one attached hydrogen (secondary N) is 2. The predicted octanol–water partition coefficient (Wildman–Crippen LogP) is 4.84. The van der Waals surface area contributed by atoms with Crippen LogP contribution in [0.2, 0.25) is 5.02 Å². The van der Waals surface area contributed by atoms with Crippen molar-refractivity contribution in [2.24, 2.45) is 0 Å². The van der Waals surface area contributed by atoms with Crippen LogP contribution in [0, 0.1) is 6.92 Å². The maximum absolute atomic E-state index is 12.8. The van der Waals surface area contributed by atoms with E-state index in [1.165, 1.54) is 4.57 Å². The molecule has 0 aliphatic rings. The third-order valence-corrected chi connectivity index (χ3v) is 5.15. The minimum Gasteiger partial charge on any atom is -0.408 e. The van der Waals surface area contributed by atoms with Crippen molar-refractivity contribution in [1.29, 1.82) is 0 Å². The largest absolute Gasteiger partial charge is 0.419 e. The number of nitrogens with zero attached hydrogens (tertiary/aromatic N) is 1. The number of amides is 2. The van der Waals surface area contributed by atoms with Crippen LogP contribution >= 0.6 is 11.6 Å². The van der Waals surface area contributed by atoms with Gasteiger partial charge in [0.1, 0.15) is 0 Å². The van der Waals surface area contributed by atoms with E-state index in [1.54, 1.807) is 48.5 Å². The van der Waals surface area contributed by atoms with Crippen LogP contribution in [0.15, 0.2) is 75.9 Å². The van der Waals surface area contributed by atoms with E-state index in [1.807, 2.05) is 25.1 Å². The van der Waals surface area contributed by atoms with Crippen molar-refractivity contribution >= 4 is 45.9 Å². The summed E-state index contributed by atoms with van der Waals surface area (Å²) in [5, 5.41) is 6.06. The van der Waals surface area contributed by atoms with Crippen molar-refractivity contribution in [3.63, 3.8) is 0 Å². The van der Waals surface area contributed by atoms with Crippen LogP contribution in [0.3, 0.4) is 0 Å². The van der Waals surface area contributed by atoms with Crippen LogP contribution in [-0.2, 0) is 11.3 Å². The lowest BCUT2D eigenvalue weighted by atomic mass is 10.1. The molecule has 2 amide bonds. The summed E-state index contributed by atoms with van der Waals surface area (Å²) in [6.45, 7) is 2.06. The van der Waals surface area contributed by atoms with E-state index < -0.39 is 5.76 Å². The Kier molecular flexibility index (Phi) is 6.09. The van der Waals surface area contributed by atoms with Gasteiger partial charge in [0.05, 0.1) is 16.8 Å². The van der Waals surface area contributed by atoms with Gasteiger partial charge < -0.3 is 15.1 Å². The first kappa shape index (κ1) is 21.4. The first-order valence-electron chi connectivity index (χ1n) is 9.96. The number of anilines is 2. The number of fused-ring (bicyclic) bond motifs is 1. The summed E-state index contributed by atoms with van der Waals surface area (Å²) in [4.78, 5) is 37.5. The molecule has 1 aromatic heterocycles. The summed E-state index contributed by atoms with van der Waals surface area (Å²) in [5.74, 6) is -1.23. The molecular weight excluding hydrogens is 430 g/mol. The molecule has 0 aliphatic heterocycles. The summed E-state index contributed by atoms with van der Waals surface area (Å²) < 4.78 is 6.56. The summed E-state index contributed by atoms with van der Waals surface area (Å²) in [6.07, 6.45) is 0.0188. The van der Waals surface area contributed by atoms with Gasteiger partial charge in [0.25, 0.3) is 5.91 Å². The molecule has 0 atom stereocenters. The number of oxazole rings is 1. The summed E-state index contributed by atoms with van der Waals surface area (Å²) >= 11 is 5.93. The molecule has 7 nitrogen and oxygen atoms in total. The highest BCUT2D eigenvalue weighted by molar-refractivity contribution is 6.31. The highest BCUT2D eigenvalue weighted by atomic mass is 35.5. The Balaban J connectivity index is 1.46. The fourth-order valence-electron chi connectivity index (χ4n) is 3.39. The third-order valence-electron chi connectivity index (χ3n) is 4.91. The van der Waals surface area contributed by atoms with Gasteiger partial charge in [-0.05, 0) is 48.9 Å². The summed E-state index contributed by atoms with van der Waals surface area (Å²) in [7, 11) is 0. The molecule has 1 heterocycles. The molecule has 0 saturated heterocycles. The normalized spacial score (nSPS) is 10.8. The van der Waals surface area contributed by atoms with Crippen LogP contribution in [0.25, 0.3) is 11.1 Å². The Morgan fingerprint density at radius 3 is 2.62 bits per heavy atom. The molecule has 0 aliphatic carbocycles.